The first-order valence-corrected chi connectivity index (χ1v) is 11.1. The lowest BCUT2D eigenvalue weighted by molar-refractivity contribution is -0.201. The van der Waals surface area contributed by atoms with Crippen LogP contribution >= 0.6 is 11.8 Å². The summed E-state index contributed by atoms with van der Waals surface area (Å²) >= 11 is 1.15. The molecule has 35 heavy (non-hydrogen) atoms. The fourth-order valence-corrected chi connectivity index (χ4v) is 5.07. The number of esters is 2. The predicted octanol–water partition coefficient (Wildman–Crippen LogP) is 1.18. The second-order valence-corrected chi connectivity index (χ2v) is 8.82. The molecule has 2 saturated heterocycles. The average Bonchev–Trinajstić information content (AvgIpc) is 3.17. The number of ether oxygens (including phenoxy) is 1. The number of anilines is 1. The van der Waals surface area contributed by atoms with E-state index in [1.54, 1.807) is 0 Å². The van der Waals surface area contributed by atoms with Crippen molar-refractivity contribution in [1.29, 1.82) is 0 Å². The molecule has 0 aliphatic carbocycles. The summed E-state index contributed by atoms with van der Waals surface area (Å²) in [6.07, 6.45) is -3.93. The van der Waals surface area contributed by atoms with Gasteiger partial charge in [0, 0.05) is 23.6 Å². The molecular weight excluding hydrogens is 495 g/mol. The number of hydrogen-bond donors (Lipinski definition) is 2. The van der Waals surface area contributed by atoms with E-state index in [4.69, 9.17) is 10.8 Å². The number of nitrogens with two attached hydrogens (primary N) is 1. The van der Waals surface area contributed by atoms with Crippen LogP contribution in [0, 0.1) is 0 Å². The zero-order valence-electron chi connectivity index (χ0n) is 17.6. The van der Waals surface area contributed by atoms with Gasteiger partial charge in [-0.05, 0) is 42.3 Å². The van der Waals surface area contributed by atoms with Crippen LogP contribution in [0.2, 0.25) is 0 Å². The minimum atomic E-state index is -5.43. The number of β-lactam (4-membered cyclic amide) rings is 1. The van der Waals surface area contributed by atoms with Gasteiger partial charge in [0.05, 0.1) is 5.56 Å². The maximum absolute atomic E-state index is 13.0. The fourth-order valence-electron chi connectivity index (χ4n) is 3.82. The second kappa shape index (κ2) is 8.85. The number of fused-ring (bicyclic) bond motifs is 1. The summed E-state index contributed by atoms with van der Waals surface area (Å²) in [4.78, 5) is 62.2. The van der Waals surface area contributed by atoms with Crippen LogP contribution < -0.4 is 10.6 Å². The van der Waals surface area contributed by atoms with Crippen molar-refractivity contribution in [3.05, 3.63) is 52.7 Å². The van der Waals surface area contributed by atoms with Crippen LogP contribution in [0.25, 0.3) is 0 Å². The van der Waals surface area contributed by atoms with Gasteiger partial charge in [0.2, 0.25) is 5.91 Å². The largest absolute Gasteiger partial charge is 0.491 e. The average molecular weight is 511 g/mol. The third kappa shape index (κ3) is 4.41. The zero-order valence-corrected chi connectivity index (χ0v) is 18.4. The van der Waals surface area contributed by atoms with E-state index in [0.717, 1.165) is 16.7 Å². The molecule has 0 bridgehead atoms. The van der Waals surface area contributed by atoms with E-state index in [0.29, 0.717) is 5.69 Å². The van der Waals surface area contributed by atoms with Gasteiger partial charge in [0.1, 0.15) is 17.1 Å². The molecule has 4 rings (SSSR count). The number of amides is 2. The van der Waals surface area contributed by atoms with Gasteiger partial charge in [0.25, 0.3) is 5.91 Å². The summed E-state index contributed by atoms with van der Waals surface area (Å²) in [6.45, 7) is 0.222. The summed E-state index contributed by atoms with van der Waals surface area (Å²) in [7, 11) is 0. The van der Waals surface area contributed by atoms with Crippen molar-refractivity contribution in [1.82, 2.24) is 4.90 Å². The normalized spacial score (nSPS) is 23.4. The highest BCUT2D eigenvalue weighted by Gasteiger charge is 2.53. The van der Waals surface area contributed by atoms with Crippen LogP contribution in [0.5, 0.6) is 0 Å². The third-order valence-corrected chi connectivity index (χ3v) is 6.87. The highest BCUT2D eigenvalue weighted by atomic mass is 32.2. The van der Waals surface area contributed by atoms with Crippen LogP contribution in [-0.4, -0.2) is 69.6 Å². The van der Waals surface area contributed by atoms with Gasteiger partial charge in [-0.2, -0.15) is 13.2 Å². The monoisotopic (exact) mass is 511 g/mol. The van der Waals surface area contributed by atoms with Crippen molar-refractivity contribution >= 4 is 47.2 Å². The Morgan fingerprint density at radius 1 is 1.17 bits per heavy atom. The standard InChI is InChI=1S/C21H16F3N3O7S/c22-21(23,24)20(33)34-19(32)14-11(8-35-17-13(25)16(29)27(14)17)7-10-5-6-26(15(10)28)12-3-1-9(2-4-12)18(30)31/h1-4,7,13,17H,5-6,8,25H2,(H,30,31)/b10-7+/t13-,17-/m1/s1. The molecule has 0 spiro atoms. The molecule has 1 aromatic carbocycles. The van der Waals surface area contributed by atoms with Gasteiger partial charge in [-0.3, -0.25) is 14.5 Å². The van der Waals surface area contributed by atoms with Crippen molar-refractivity contribution in [3.8, 4) is 0 Å². The van der Waals surface area contributed by atoms with E-state index in [1.165, 1.54) is 35.2 Å². The Balaban J connectivity index is 1.65. The Labute approximate surface area is 199 Å². The number of nitrogens with zero attached hydrogens (tertiary/aromatic N) is 2. The smallest absolute Gasteiger partial charge is 0.478 e. The van der Waals surface area contributed by atoms with Gasteiger partial charge >= 0.3 is 24.1 Å². The van der Waals surface area contributed by atoms with E-state index in [1.807, 2.05) is 0 Å². The first kappa shape index (κ1) is 24.5. The Morgan fingerprint density at radius 2 is 1.83 bits per heavy atom. The summed E-state index contributed by atoms with van der Waals surface area (Å²) < 4.78 is 41.8. The maximum atomic E-state index is 13.0. The highest BCUT2D eigenvalue weighted by Crippen LogP contribution is 2.41. The molecular formula is C21H16F3N3O7S. The Bertz CT molecular complexity index is 1210. The maximum Gasteiger partial charge on any atom is 0.491 e. The van der Waals surface area contributed by atoms with E-state index in [9.17, 15) is 37.1 Å². The predicted molar refractivity (Wildman–Crippen MR) is 114 cm³/mol. The van der Waals surface area contributed by atoms with E-state index in [-0.39, 0.29) is 35.4 Å². The van der Waals surface area contributed by atoms with Crippen molar-refractivity contribution in [2.75, 3.05) is 17.2 Å². The number of hydrogen-bond acceptors (Lipinski definition) is 8. The van der Waals surface area contributed by atoms with E-state index >= 15 is 0 Å². The van der Waals surface area contributed by atoms with Crippen molar-refractivity contribution in [3.63, 3.8) is 0 Å². The summed E-state index contributed by atoms with van der Waals surface area (Å²) in [5, 5.41) is 8.29. The first-order valence-electron chi connectivity index (χ1n) is 10.0. The van der Waals surface area contributed by atoms with Crippen molar-refractivity contribution in [2.45, 2.75) is 24.0 Å². The van der Waals surface area contributed by atoms with Gasteiger partial charge in [-0.15, -0.1) is 11.8 Å². The van der Waals surface area contributed by atoms with Crippen LogP contribution in [0.3, 0.4) is 0 Å². The third-order valence-electron chi connectivity index (χ3n) is 5.55. The van der Waals surface area contributed by atoms with Gasteiger partial charge in [-0.25, -0.2) is 14.4 Å². The SMILES string of the molecule is N[C@@H]1C(=O)N2C(C(=O)OC(=O)C(F)(F)F)=C(/C=C3\CCN(c4ccc(C(=O)O)cc4)C3=O)CS[C@H]12. The summed E-state index contributed by atoms with van der Waals surface area (Å²) in [6, 6.07) is 4.59. The molecule has 0 radical (unpaired) electrons. The Morgan fingerprint density at radius 3 is 2.43 bits per heavy atom. The second-order valence-electron chi connectivity index (χ2n) is 7.71. The number of aromatic carboxylic acids is 1. The lowest BCUT2D eigenvalue weighted by Gasteiger charge is -2.48. The molecule has 1 aromatic rings. The number of carbonyl (C=O) groups is 5. The van der Waals surface area contributed by atoms with Gasteiger partial charge in [0.15, 0.2) is 0 Å². The molecule has 0 unspecified atom stereocenters. The summed E-state index contributed by atoms with van der Waals surface area (Å²) in [5.74, 6) is -6.72. The molecule has 10 nitrogen and oxygen atoms in total. The minimum Gasteiger partial charge on any atom is -0.478 e. The number of halogens is 3. The van der Waals surface area contributed by atoms with Crippen LogP contribution in [0.15, 0.2) is 47.2 Å². The molecule has 184 valence electrons. The molecule has 0 aromatic heterocycles. The number of benzene rings is 1. The highest BCUT2D eigenvalue weighted by molar-refractivity contribution is 8.00. The fraction of sp³-hybridized carbons (Fsp3) is 0.286. The lowest BCUT2D eigenvalue weighted by atomic mass is 10.0. The van der Waals surface area contributed by atoms with E-state index in [2.05, 4.69) is 4.74 Å². The lowest BCUT2D eigenvalue weighted by Crippen LogP contribution is -2.68. The first-order chi connectivity index (χ1) is 16.4. The zero-order chi connectivity index (χ0) is 25.7. The van der Waals surface area contributed by atoms with Gasteiger partial charge < -0.3 is 20.5 Å². The number of carboxylic acid groups (broad SMARTS) is 1. The molecule has 2 fully saturated rings. The molecule has 3 aliphatic rings. The Hall–Kier alpha value is -3.65. The number of alkyl halides is 3. The molecule has 3 N–H and O–H groups in total. The number of rotatable bonds is 4. The van der Waals surface area contributed by atoms with Crippen molar-refractivity contribution < 1.29 is 47.0 Å². The van der Waals surface area contributed by atoms with E-state index < -0.39 is 53.0 Å². The molecule has 0 saturated carbocycles. The van der Waals surface area contributed by atoms with Crippen LogP contribution in [0.1, 0.15) is 16.8 Å². The molecule has 14 heteroatoms. The Kier molecular flexibility index (Phi) is 6.19. The number of thioether (sulfide) groups is 1. The van der Waals surface area contributed by atoms with Crippen LogP contribution in [0.4, 0.5) is 18.9 Å². The quantitative estimate of drug-likeness (QED) is 0.263. The molecule has 2 atom stereocenters. The molecule has 3 aliphatic heterocycles. The minimum absolute atomic E-state index is 0.0247. The number of allylic oxidation sites excluding steroid dienone is 1. The van der Waals surface area contributed by atoms with Crippen molar-refractivity contribution in [2.24, 2.45) is 5.73 Å². The molecule has 3 heterocycles. The molecule has 2 amide bonds. The van der Waals surface area contributed by atoms with Crippen LogP contribution in [-0.2, 0) is 23.9 Å². The topological polar surface area (TPSA) is 147 Å². The number of carbonyl (C=O) groups excluding carboxylic acids is 4. The summed E-state index contributed by atoms with van der Waals surface area (Å²) in [5.41, 5.74) is 5.84. The number of carboxylic acids is 1. The van der Waals surface area contributed by atoms with Gasteiger partial charge in [-0.1, -0.05) is 0 Å².